The van der Waals surface area contributed by atoms with E-state index in [0.717, 1.165) is 30.5 Å². The number of nitrogens with zero attached hydrogens (tertiary/aromatic N) is 1. The van der Waals surface area contributed by atoms with E-state index in [1.54, 1.807) is 17.0 Å². The molecule has 1 heterocycles. The first-order chi connectivity index (χ1) is 13.4. The Kier molecular flexibility index (Phi) is 6.23. The van der Waals surface area contributed by atoms with Gasteiger partial charge in [0.2, 0.25) is 5.91 Å². The van der Waals surface area contributed by atoms with Crippen molar-refractivity contribution in [1.29, 1.82) is 0 Å². The quantitative estimate of drug-likeness (QED) is 0.827. The van der Waals surface area contributed by atoms with Crippen molar-refractivity contribution in [2.45, 2.75) is 25.2 Å². The maximum Gasteiger partial charge on any atom is 0.254 e. The third kappa shape index (κ3) is 4.85. The molecule has 3 rings (SSSR count). The molecule has 0 spiro atoms. The van der Waals surface area contributed by atoms with Crippen LogP contribution in [0.2, 0.25) is 0 Å². The molecule has 0 radical (unpaired) electrons. The number of rotatable bonds is 5. The van der Waals surface area contributed by atoms with Gasteiger partial charge < -0.3 is 15.3 Å². The molecule has 5 nitrogen and oxygen atoms in total. The lowest BCUT2D eigenvalue weighted by atomic mass is 9.89. The van der Waals surface area contributed by atoms with Crippen molar-refractivity contribution >= 4 is 11.8 Å². The van der Waals surface area contributed by atoms with E-state index >= 15 is 0 Å². The minimum absolute atomic E-state index is 0.0657. The highest BCUT2D eigenvalue weighted by Crippen LogP contribution is 2.29. The second-order valence-electron chi connectivity index (χ2n) is 6.88. The van der Waals surface area contributed by atoms with Crippen molar-refractivity contribution in [3.05, 3.63) is 65.2 Å². The fraction of sp³-hybridized carbons (Fsp3) is 0.333. The van der Waals surface area contributed by atoms with Gasteiger partial charge in [-0.1, -0.05) is 12.1 Å². The maximum absolute atomic E-state index is 13.6. The molecule has 1 aliphatic heterocycles. The minimum Gasteiger partial charge on any atom is -0.508 e. The van der Waals surface area contributed by atoms with Crippen LogP contribution in [0.3, 0.4) is 0 Å². The Labute approximate surface area is 162 Å². The normalized spacial score (nSPS) is 14.7. The van der Waals surface area contributed by atoms with Crippen LogP contribution in [-0.2, 0) is 4.79 Å². The van der Waals surface area contributed by atoms with Crippen LogP contribution in [0.5, 0.6) is 5.75 Å². The van der Waals surface area contributed by atoms with Gasteiger partial charge in [-0.2, -0.15) is 0 Å². The van der Waals surface area contributed by atoms with Crippen molar-refractivity contribution in [1.82, 2.24) is 10.2 Å². The minimum atomic E-state index is -0.930. The number of aromatic hydroxyl groups is 1. The third-order valence-electron chi connectivity index (χ3n) is 5.01. The zero-order valence-electron chi connectivity index (χ0n) is 15.3. The topological polar surface area (TPSA) is 69.6 Å². The average molecular weight is 388 g/mol. The Bertz CT molecular complexity index is 847. The smallest absolute Gasteiger partial charge is 0.254 e. The van der Waals surface area contributed by atoms with E-state index in [9.17, 15) is 23.5 Å². The molecule has 0 bridgehead atoms. The maximum atomic E-state index is 13.6. The SMILES string of the molecule is O=C(NCCC(=O)N1CCC(c2ccc(O)cc2)CC1)c1ccc(F)cc1F. The summed E-state index contributed by atoms with van der Waals surface area (Å²) in [6, 6.07) is 9.89. The van der Waals surface area contributed by atoms with Gasteiger partial charge in [0.05, 0.1) is 5.56 Å². The summed E-state index contributed by atoms with van der Waals surface area (Å²) in [6.07, 6.45) is 1.80. The molecule has 2 amide bonds. The van der Waals surface area contributed by atoms with Crippen LogP contribution in [0, 0.1) is 11.6 Å². The lowest BCUT2D eigenvalue weighted by molar-refractivity contribution is -0.132. The summed E-state index contributed by atoms with van der Waals surface area (Å²) < 4.78 is 26.5. The summed E-state index contributed by atoms with van der Waals surface area (Å²) in [6.45, 7) is 1.35. The molecule has 0 unspecified atom stereocenters. The molecule has 148 valence electrons. The molecule has 2 N–H and O–H groups in total. The summed E-state index contributed by atoms with van der Waals surface area (Å²) in [7, 11) is 0. The van der Waals surface area contributed by atoms with Crippen LogP contribution >= 0.6 is 0 Å². The first-order valence-electron chi connectivity index (χ1n) is 9.24. The number of hydrogen-bond acceptors (Lipinski definition) is 3. The van der Waals surface area contributed by atoms with Gasteiger partial charge in [-0.05, 0) is 48.6 Å². The average Bonchev–Trinajstić information content (AvgIpc) is 2.68. The van der Waals surface area contributed by atoms with Gasteiger partial charge in [-0.3, -0.25) is 9.59 Å². The monoisotopic (exact) mass is 388 g/mol. The predicted octanol–water partition coefficient (Wildman–Crippen LogP) is 3.20. The Morgan fingerprint density at radius 2 is 1.75 bits per heavy atom. The van der Waals surface area contributed by atoms with Crippen LogP contribution < -0.4 is 5.32 Å². The number of likely N-dealkylation sites (tertiary alicyclic amines) is 1. The van der Waals surface area contributed by atoms with Crippen molar-refractivity contribution in [2.24, 2.45) is 0 Å². The van der Waals surface area contributed by atoms with Crippen molar-refractivity contribution in [3.8, 4) is 5.75 Å². The van der Waals surface area contributed by atoms with Gasteiger partial charge >= 0.3 is 0 Å². The molecule has 0 saturated carbocycles. The van der Waals surface area contributed by atoms with Crippen LogP contribution in [0.1, 0.15) is 41.1 Å². The lowest BCUT2D eigenvalue weighted by Gasteiger charge is -2.32. The largest absolute Gasteiger partial charge is 0.508 e. The number of phenolic OH excluding ortho intramolecular Hbond substituents is 1. The highest BCUT2D eigenvalue weighted by molar-refractivity contribution is 5.94. The van der Waals surface area contributed by atoms with Crippen molar-refractivity contribution in [2.75, 3.05) is 19.6 Å². The Morgan fingerprint density at radius 1 is 1.07 bits per heavy atom. The Hall–Kier alpha value is -2.96. The van der Waals surface area contributed by atoms with Crippen molar-refractivity contribution < 1.29 is 23.5 Å². The van der Waals surface area contributed by atoms with Crippen molar-refractivity contribution in [3.63, 3.8) is 0 Å². The van der Waals surface area contributed by atoms with Crippen LogP contribution in [0.15, 0.2) is 42.5 Å². The number of halogens is 2. The number of benzene rings is 2. The molecule has 28 heavy (non-hydrogen) atoms. The van der Waals surface area contributed by atoms with Crippen LogP contribution in [0.25, 0.3) is 0 Å². The number of phenols is 1. The van der Waals surface area contributed by atoms with Gasteiger partial charge in [-0.15, -0.1) is 0 Å². The van der Waals surface area contributed by atoms with Crippen LogP contribution in [-0.4, -0.2) is 41.5 Å². The highest BCUT2D eigenvalue weighted by atomic mass is 19.1. The van der Waals surface area contributed by atoms with E-state index in [0.29, 0.717) is 25.1 Å². The summed E-state index contributed by atoms with van der Waals surface area (Å²) in [5.41, 5.74) is 0.905. The van der Waals surface area contributed by atoms with E-state index in [1.165, 1.54) is 0 Å². The zero-order valence-corrected chi connectivity index (χ0v) is 15.3. The molecule has 0 atom stereocenters. The van der Waals surface area contributed by atoms with E-state index in [-0.39, 0.29) is 30.2 Å². The number of hydrogen-bond donors (Lipinski definition) is 2. The molecule has 0 aliphatic carbocycles. The number of carbonyl (C=O) groups is 2. The molecule has 1 aliphatic rings. The predicted molar refractivity (Wildman–Crippen MR) is 100.0 cm³/mol. The second-order valence-corrected chi connectivity index (χ2v) is 6.88. The molecule has 2 aromatic carbocycles. The fourth-order valence-electron chi connectivity index (χ4n) is 3.42. The van der Waals surface area contributed by atoms with E-state index in [4.69, 9.17) is 0 Å². The zero-order chi connectivity index (χ0) is 20.1. The standard InChI is InChI=1S/C21H22F2N2O3/c22-16-3-6-18(19(23)13-16)21(28)24-10-7-20(27)25-11-8-15(9-12-25)14-1-4-17(26)5-2-14/h1-6,13,15,26H,7-12H2,(H,24,28). The molecular formula is C21H22F2N2O3. The molecule has 1 saturated heterocycles. The second kappa shape index (κ2) is 8.82. The fourth-order valence-corrected chi connectivity index (χ4v) is 3.42. The number of nitrogens with one attached hydrogen (secondary N) is 1. The molecule has 7 heteroatoms. The third-order valence-corrected chi connectivity index (χ3v) is 5.01. The summed E-state index contributed by atoms with van der Waals surface area (Å²) in [5.74, 6) is -1.83. The number of amides is 2. The summed E-state index contributed by atoms with van der Waals surface area (Å²) in [5, 5.41) is 11.9. The van der Waals surface area contributed by atoms with Gasteiger partial charge in [-0.25, -0.2) is 8.78 Å². The first kappa shape index (κ1) is 19.8. The molecular weight excluding hydrogens is 366 g/mol. The van der Waals surface area contributed by atoms with Gasteiger partial charge in [0, 0.05) is 32.1 Å². The highest BCUT2D eigenvalue weighted by Gasteiger charge is 2.23. The van der Waals surface area contributed by atoms with E-state index in [2.05, 4.69) is 5.32 Å². The van der Waals surface area contributed by atoms with Gasteiger partial charge in [0.25, 0.3) is 5.91 Å². The molecule has 2 aromatic rings. The van der Waals surface area contributed by atoms with E-state index < -0.39 is 17.5 Å². The first-order valence-corrected chi connectivity index (χ1v) is 9.24. The molecule has 0 aromatic heterocycles. The van der Waals surface area contributed by atoms with Gasteiger partial charge in [0.15, 0.2) is 0 Å². The number of piperidine rings is 1. The Morgan fingerprint density at radius 3 is 2.39 bits per heavy atom. The lowest BCUT2D eigenvalue weighted by Crippen LogP contribution is -2.39. The van der Waals surface area contributed by atoms with E-state index in [1.807, 2.05) is 12.1 Å². The van der Waals surface area contributed by atoms with Crippen LogP contribution in [0.4, 0.5) is 8.78 Å². The summed E-state index contributed by atoms with van der Waals surface area (Å²) >= 11 is 0. The Balaban J connectivity index is 1.43. The molecule has 1 fully saturated rings. The van der Waals surface area contributed by atoms with Gasteiger partial charge in [0.1, 0.15) is 17.4 Å². The summed E-state index contributed by atoms with van der Waals surface area (Å²) in [4.78, 5) is 26.0. The number of carbonyl (C=O) groups excluding carboxylic acids is 2.